The monoisotopic (exact) mass is 701 g/mol. The molecule has 7 rings (SSSR count). The molecule has 0 fully saturated rings. The Morgan fingerprint density at radius 3 is 1.79 bits per heavy atom. The third kappa shape index (κ3) is 8.54. The van der Waals surface area contributed by atoms with Crippen LogP contribution in [-0.2, 0) is 33.9 Å². The van der Waals surface area contributed by atoms with Crippen LogP contribution in [0, 0.1) is 6.92 Å². The van der Waals surface area contributed by atoms with Crippen LogP contribution in [0.5, 0.6) is 5.75 Å². The largest absolute Gasteiger partial charge is 0.489 e. The average molecular weight is 702 g/mol. The number of hydrogen-bond acceptors (Lipinski definition) is 6. The number of carbonyl (C=O) groups excluding carboxylic acids is 3. The number of ketones is 1. The van der Waals surface area contributed by atoms with Crippen molar-refractivity contribution in [1.29, 1.82) is 0 Å². The van der Waals surface area contributed by atoms with Gasteiger partial charge in [-0.15, -0.1) is 0 Å². The van der Waals surface area contributed by atoms with Crippen LogP contribution in [0.1, 0.15) is 55.2 Å². The molecule has 6 aromatic carbocycles. The molecule has 1 N–H and O–H groups in total. The Labute approximate surface area is 309 Å². The van der Waals surface area contributed by atoms with Gasteiger partial charge in [-0.3, -0.25) is 4.79 Å². The van der Waals surface area contributed by atoms with Gasteiger partial charge in [-0.2, -0.15) is 0 Å². The van der Waals surface area contributed by atoms with Crippen molar-refractivity contribution in [3.8, 4) is 16.9 Å². The van der Waals surface area contributed by atoms with Gasteiger partial charge in [0.1, 0.15) is 31.6 Å². The molecule has 0 aliphatic heterocycles. The minimum atomic E-state index is -1.04. The number of hydrogen-bond donors (Lipinski definition) is 1. The maximum atomic E-state index is 13.6. The standard InChI is InChI=1S/C46H39NO6/c1-31-15-17-33(18-16-31)28-51-37-25-21-34(22-26-37)29-52-45(49)43(27-32-19-23-36(24-20-32)44(48)35-9-3-2-4-10-35)47-46(50)53-30-42-40-13-7-5-11-38(40)39-12-6-8-14-41(39)42/h2-26,42-43H,27-30H2,1H3,(H,47,50)/t43-/m0/s1. The highest BCUT2D eigenvalue weighted by Gasteiger charge is 2.30. The first-order chi connectivity index (χ1) is 25.9. The second-order valence-electron chi connectivity index (χ2n) is 13.1. The molecule has 0 bridgehead atoms. The minimum absolute atomic E-state index is 0.00443. The van der Waals surface area contributed by atoms with Crippen molar-refractivity contribution < 1.29 is 28.6 Å². The van der Waals surface area contributed by atoms with Crippen LogP contribution in [0.2, 0.25) is 0 Å². The first-order valence-electron chi connectivity index (χ1n) is 17.7. The number of ether oxygens (including phenoxy) is 3. The predicted octanol–water partition coefficient (Wildman–Crippen LogP) is 9.00. The first-order valence-corrected chi connectivity index (χ1v) is 17.7. The normalized spacial score (nSPS) is 12.2. The van der Waals surface area contributed by atoms with E-state index in [0.717, 1.165) is 38.9 Å². The Kier molecular flexibility index (Phi) is 10.7. The van der Waals surface area contributed by atoms with E-state index in [2.05, 4.69) is 29.6 Å². The molecule has 7 heteroatoms. The van der Waals surface area contributed by atoms with Crippen molar-refractivity contribution in [3.05, 3.63) is 196 Å². The fraction of sp³-hybridized carbons (Fsp3) is 0.152. The predicted molar refractivity (Wildman–Crippen MR) is 204 cm³/mol. The Hall–Kier alpha value is -6.47. The van der Waals surface area contributed by atoms with E-state index in [0.29, 0.717) is 23.5 Å². The van der Waals surface area contributed by atoms with E-state index in [1.807, 2.05) is 97.9 Å². The van der Waals surface area contributed by atoms with E-state index >= 15 is 0 Å². The molecule has 0 heterocycles. The van der Waals surface area contributed by atoms with Crippen LogP contribution in [0.4, 0.5) is 4.79 Å². The van der Waals surface area contributed by atoms with Crippen LogP contribution in [0.15, 0.2) is 152 Å². The number of amides is 1. The molecule has 264 valence electrons. The van der Waals surface area contributed by atoms with Crippen molar-refractivity contribution in [2.24, 2.45) is 0 Å². The van der Waals surface area contributed by atoms with Gasteiger partial charge in [0.05, 0.1) is 0 Å². The highest BCUT2D eigenvalue weighted by molar-refractivity contribution is 6.08. The lowest BCUT2D eigenvalue weighted by atomic mass is 9.98. The van der Waals surface area contributed by atoms with Gasteiger partial charge in [0, 0.05) is 23.5 Å². The Balaban J connectivity index is 1.01. The quantitative estimate of drug-likeness (QED) is 0.0955. The smallest absolute Gasteiger partial charge is 0.407 e. The number of nitrogens with one attached hydrogen (secondary N) is 1. The van der Waals surface area contributed by atoms with Gasteiger partial charge in [0.2, 0.25) is 0 Å². The van der Waals surface area contributed by atoms with Crippen LogP contribution >= 0.6 is 0 Å². The van der Waals surface area contributed by atoms with E-state index in [4.69, 9.17) is 14.2 Å². The van der Waals surface area contributed by atoms with Crippen molar-refractivity contribution >= 4 is 17.8 Å². The van der Waals surface area contributed by atoms with Gasteiger partial charge in [-0.25, -0.2) is 9.59 Å². The van der Waals surface area contributed by atoms with Crippen LogP contribution < -0.4 is 10.1 Å². The maximum absolute atomic E-state index is 13.6. The van der Waals surface area contributed by atoms with Crippen molar-refractivity contribution in [3.63, 3.8) is 0 Å². The summed E-state index contributed by atoms with van der Waals surface area (Å²) in [5, 5.41) is 2.76. The highest BCUT2D eigenvalue weighted by atomic mass is 16.6. The number of carbonyl (C=O) groups is 3. The summed E-state index contributed by atoms with van der Waals surface area (Å²) >= 11 is 0. The summed E-state index contributed by atoms with van der Waals surface area (Å²) in [6.07, 6.45) is -0.589. The first kappa shape index (κ1) is 35.0. The molecule has 6 aromatic rings. The average Bonchev–Trinajstić information content (AvgIpc) is 3.53. The number of fused-ring (bicyclic) bond motifs is 3. The summed E-state index contributed by atoms with van der Waals surface area (Å²) in [7, 11) is 0. The maximum Gasteiger partial charge on any atom is 0.407 e. The van der Waals surface area contributed by atoms with Crippen LogP contribution in [0.25, 0.3) is 11.1 Å². The third-order valence-corrected chi connectivity index (χ3v) is 9.44. The molecule has 1 amide bonds. The number of rotatable bonds is 13. The molecular formula is C46H39NO6. The fourth-order valence-corrected chi connectivity index (χ4v) is 6.55. The van der Waals surface area contributed by atoms with Gasteiger partial charge in [-0.1, -0.05) is 145 Å². The number of alkyl carbamates (subject to hydrolysis) is 1. The number of aryl methyl sites for hydroxylation is 1. The molecule has 1 aliphatic rings. The third-order valence-electron chi connectivity index (χ3n) is 9.44. The van der Waals surface area contributed by atoms with Gasteiger partial charge >= 0.3 is 12.1 Å². The van der Waals surface area contributed by atoms with E-state index in [9.17, 15) is 14.4 Å². The molecule has 1 atom stereocenters. The molecule has 0 saturated heterocycles. The van der Waals surface area contributed by atoms with Gasteiger partial charge < -0.3 is 19.5 Å². The summed E-state index contributed by atoms with van der Waals surface area (Å²) in [6, 6.07) is 46.8. The Morgan fingerprint density at radius 2 is 1.13 bits per heavy atom. The molecule has 0 unspecified atom stereocenters. The SMILES string of the molecule is Cc1ccc(COc2ccc(COC(=O)[C@H](Cc3ccc(C(=O)c4ccccc4)cc3)NC(=O)OCC3c4ccccc4-c4ccccc43)cc2)cc1. The zero-order valence-electron chi connectivity index (χ0n) is 29.4. The van der Waals surface area contributed by atoms with Crippen molar-refractivity contribution in [2.45, 2.75) is 38.5 Å². The summed E-state index contributed by atoms with van der Waals surface area (Å²) in [5.74, 6) is -0.138. The topological polar surface area (TPSA) is 90.9 Å². The zero-order chi connectivity index (χ0) is 36.6. The van der Waals surface area contributed by atoms with E-state index in [1.165, 1.54) is 5.56 Å². The molecule has 0 radical (unpaired) electrons. The lowest BCUT2D eigenvalue weighted by molar-refractivity contribution is -0.147. The van der Waals surface area contributed by atoms with Gasteiger partial charge in [0.25, 0.3) is 0 Å². The van der Waals surface area contributed by atoms with Crippen molar-refractivity contribution in [2.75, 3.05) is 6.61 Å². The summed E-state index contributed by atoms with van der Waals surface area (Å²) in [4.78, 5) is 39.9. The molecule has 53 heavy (non-hydrogen) atoms. The van der Waals surface area contributed by atoms with E-state index in [1.54, 1.807) is 36.4 Å². The summed E-state index contributed by atoms with van der Waals surface area (Å²) in [6.45, 7) is 2.60. The number of benzene rings is 6. The molecule has 0 spiro atoms. The van der Waals surface area contributed by atoms with Gasteiger partial charge in [-0.05, 0) is 58.0 Å². The molecule has 1 aliphatic carbocycles. The fourth-order valence-electron chi connectivity index (χ4n) is 6.55. The lowest BCUT2D eigenvalue weighted by Gasteiger charge is -2.19. The van der Waals surface area contributed by atoms with Crippen LogP contribution in [0.3, 0.4) is 0 Å². The minimum Gasteiger partial charge on any atom is -0.489 e. The molecule has 0 aromatic heterocycles. The second-order valence-corrected chi connectivity index (χ2v) is 13.1. The number of esters is 1. The van der Waals surface area contributed by atoms with Crippen molar-refractivity contribution in [1.82, 2.24) is 5.32 Å². The second kappa shape index (κ2) is 16.3. The van der Waals surface area contributed by atoms with Crippen LogP contribution in [-0.4, -0.2) is 30.5 Å². The Morgan fingerprint density at radius 1 is 0.585 bits per heavy atom. The van der Waals surface area contributed by atoms with E-state index in [-0.39, 0.29) is 31.3 Å². The summed E-state index contributed by atoms with van der Waals surface area (Å²) in [5.41, 5.74) is 9.31. The molecular weight excluding hydrogens is 663 g/mol. The lowest BCUT2D eigenvalue weighted by Crippen LogP contribution is -2.43. The van der Waals surface area contributed by atoms with Gasteiger partial charge in [0.15, 0.2) is 5.78 Å². The molecule has 7 nitrogen and oxygen atoms in total. The Bertz CT molecular complexity index is 2150. The molecule has 0 saturated carbocycles. The zero-order valence-corrected chi connectivity index (χ0v) is 29.4. The highest BCUT2D eigenvalue weighted by Crippen LogP contribution is 2.44. The summed E-state index contributed by atoms with van der Waals surface area (Å²) < 4.78 is 17.4. The van der Waals surface area contributed by atoms with E-state index < -0.39 is 18.1 Å².